The van der Waals surface area contributed by atoms with E-state index >= 15 is 0 Å². The molecule has 0 atom stereocenters. The number of benzene rings is 1. The lowest BCUT2D eigenvalue weighted by Crippen LogP contribution is -1.81. The Kier molecular flexibility index (Phi) is 4.91. The fraction of sp³-hybridized carbons (Fsp3) is 0. The Morgan fingerprint density at radius 2 is 1.85 bits per heavy atom. The van der Waals surface area contributed by atoms with Gasteiger partial charge in [0.1, 0.15) is 0 Å². The molecule has 0 amide bonds. The maximum atomic E-state index is 8.36. The van der Waals surface area contributed by atoms with Crippen LogP contribution in [0.1, 0.15) is 0 Å². The summed E-state index contributed by atoms with van der Waals surface area (Å²) in [7, 11) is 0. The van der Waals surface area contributed by atoms with E-state index in [1.165, 1.54) is 0 Å². The van der Waals surface area contributed by atoms with Crippen LogP contribution >= 0.6 is 11.6 Å². The van der Waals surface area contributed by atoms with E-state index < -0.39 is 5.09 Å². The van der Waals surface area contributed by atoms with Gasteiger partial charge in [0.15, 0.2) is 4.98 Å². The summed E-state index contributed by atoms with van der Waals surface area (Å²) >= 11 is 5.55. The van der Waals surface area contributed by atoms with Crippen LogP contribution in [-0.2, 0) is 0 Å². The van der Waals surface area contributed by atoms with E-state index in [2.05, 4.69) is 4.98 Å². The van der Waals surface area contributed by atoms with Gasteiger partial charge in [-0.3, -0.25) is 0 Å². The Hall–Kier alpha value is -1.87. The summed E-state index contributed by atoms with van der Waals surface area (Å²) in [6.45, 7) is 0. The van der Waals surface area contributed by atoms with Gasteiger partial charge in [-0.1, -0.05) is 11.6 Å². The van der Waals surface area contributed by atoms with Gasteiger partial charge in [-0.2, -0.15) is 0 Å². The SMILES string of the molecule is N#[N+]c1ccc(Cl)cc1.O=[N+]([O-])O. The van der Waals surface area contributed by atoms with Gasteiger partial charge in [-0.05, 0) is 12.1 Å². The van der Waals surface area contributed by atoms with E-state index in [4.69, 9.17) is 32.3 Å². The molecule has 0 spiro atoms. The zero-order chi connectivity index (χ0) is 10.3. The fourth-order valence-electron chi connectivity index (χ4n) is 0.508. The summed E-state index contributed by atoms with van der Waals surface area (Å²) in [4.78, 5) is 11.3. The lowest BCUT2D eigenvalue weighted by atomic mass is 10.3. The summed E-state index contributed by atoms with van der Waals surface area (Å²) in [5.41, 5.74) is 0.513. The minimum atomic E-state index is -1.50. The molecular weight excluding hydrogens is 198 g/mol. The minimum absolute atomic E-state index is 0.513. The molecule has 0 saturated heterocycles. The third kappa shape index (κ3) is 6.52. The summed E-state index contributed by atoms with van der Waals surface area (Å²) in [5, 5.41) is 22.5. The highest BCUT2D eigenvalue weighted by Gasteiger charge is 1.99. The van der Waals surface area contributed by atoms with Gasteiger partial charge in [0, 0.05) is 17.2 Å². The minimum Gasteiger partial charge on any atom is -0.328 e. The topological polar surface area (TPSA) is 91.5 Å². The second-order valence-electron chi connectivity index (χ2n) is 1.81. The summed E-state index contributed by atoms with van der Waals surface area (Å²) in [5.74, 6) is 0. The molecule has 0 aliphatic rings. The lowest BCUT2D eigenvalue weighted by Gasteiger charge is -1.78. The summed E-state index contributed by atoms with van der Waals surface area (Å²) < 4.78 is 0. The van der Waals surface area contributed by atoms with Crippen LogP contribution < -0.4 is 0 Å². The number of hydrogen-bond donors (Lipinski definition) is 1. The largest absolute Gasteiger partial charge is 0.385 e. The molecule has 0 fully saturated rings. The molecule has 0 unspecified atom stereocenters. The van der Waals surface area contributed by atoms with Crippen molar-refractivity contribution in [2.75, 3.05) is 0 Å². The average molecular weight is 203 g/mol. The van der Waals surface area contributed by atoms with Crippen LogP contribution in [0.25, 0.3) is 4.98 Å². The molecule has 68 valence electrons. The highest BCUT2D eigenvalue weighted by Crippen LogP contribution is 2.15. The molecule has 0 heterocycles. The Morgan fingerprint density at radius 1 is 1.46 bits per heavy atom. The number of diazo groups is 1. The molecule has 6 nitrogen and oxygen atoms in total. The predicted molar refractivity (Wildman–Crippen MR) is 45.0 cm³/mol. The molecule has 1 rings (SSSR count). The van der Waals surface area contributed by atoms with Crippen molar-refractivity contribution in [2.24, 2.45) is 0 Å². The zero-order valence-corrected chi connectivity index (χ0v) is 7.05. The van der Waals surface area contributed by atoms with Gasteiger partial charge >= 0.3 is 5.69 Å². The fourth-order valence-corrected chi connectivity index (χ4v) is 0.634. The smallest absolute Gasteiger partial charge is 0.328 e. The molecule has 0 aliphatic heterocycles. The highest BCUT2D eigenvalue weighted by atomic mass is 35.5. The summed E-state index contributed by atoms with van der Waals surface area (Å²) in [6, 6.07) is 6.58. The molecule has 0 aliphatic carbocycles. The van der Waals surface area contributed by atoms with Crippen LogP contribution in [-0.4, -0.2) is 10.3 Å². The Labute approximate surface area is 78.1 Å². The van der Waals surface area contributed by atoms with Crippen molar-refractivity contribution < 1.29 is 10.3 Å². The van der Waals surface area contributed by atoms with Crippen LogP contribution in [0.4, 0.5) is 5.69 Å². The van der Waals surface area contributed by atoms with E-state index in [0.29, 0.717) is 10.7 Å². The molecule has 1 aromatic carbocycles. The van der Waals surface area contributed by atoms with Gasteiger partial charge in [0.2, 0.25) is 5.39 Å². The first-order valence-electron chi connectivity index (χ1n) is 3.00. The molecular formula is C6H5ClN3O3+. The highest BCUT2D eigenvalue weighted by molar-refractivity contribution is 6.30. The second kappa shape index (κ2) is 5.74. The zero-order valence-electron chi connectivity index (χ0n) is 6.29. The first-order valence-corrected chi connectivity index (χ1v) is 3.38. The number of nitrogens with zero attached hydrogens (tertiary/aromatic N) is 3. The first kappa shape index (κ1) is 11.1. The van der Waals surface area contributed by atoms with Crippen molar-refractivity contribution in [3.63, 3.8) is 0 Å². The Balaban J connectivity index is 0.000000310. The van der Waals surface area contributed by atoms with Gasteiger partial charge in [-0.25, -0.2) is 0 Å². The van der Waals surface area contributed by atoms with E-state index in [9.17, 15) is 0 Å². The molecule has 0 saturated carbocycles. The van der Waals surface area contributed by atoms with E-state index in [1.54, 1.807) is 24.3 Å². The van der Waals surface area contributed by atoms with E-state index in [0.717, 1.165) is 0 Å². The normalized spacial score (nSPS) is 7.69. The molecule has 0 aromatic heterocycles. The molecule has 7 heteroatoms. The Morgan fingerprint density at radius 3 is 2.15 bits per heavy atom. The van der Waals surface area contributed by atoms with Crippen molar-refractivity contribution in [3.05, 3.63) is 44.4 Å². The monoisotopic (exact) mass is 202 g/mol. The van der Waals surface area contributed by atoms with Gasteiger partial charge in [-0.15, -0.1) is 10.1 Å². The number of halogens is 1. The van der Waals surface area contributed by atoms with Crippen LogP contribution in [0, 0.1) is 15.5 Å². The van der Waals surface area contributed by atoms with Crippen molar-refractivity contribution in [1.29, 1.82) is 5.39 Å². The van der Waals surface area contributed by atoms with Gasteiger partial charge in [0.25, 0.3) is 5.09 Å². The standard InChI is InChI=1S/C6H4ClN2.HNO3/c7-5-1-3-6(9-8)4-2-5;2-1(3)4/h1-4H;(H,2,3,4)/q+1;. The van der Waals surface area contributed by atoms with E-state index in [1.807, 2.05) is 0 Å². The van der Waals surface area contributed by atoms with Crippen molar-refractivity contribution in [1.82, 2.24) is 0 Å². The predicted octanol–water partition coefficient (Wildman–Crippen LogP) is 2.48. The van der Waals surface area contributed by atoms with E-state index in [-0.39, 0.29) is 0 Å². The number of rotatable bonds is 0. The lowest BCUT2D eigenvalue weighted by molar-refractivity contribution is -0.742. The third-order valence-electron chi connectivity index (χ3n) is 0.942. The summed E-state index contributed by atoms with van der Waals surface area (Å²) in [6.07, 6.45) is 0. The van der Waals surface area contributed by atoms with Crippen LogP contribution in [0.5, 0.6) is 0 Å². The third-order valence-corrected chi connectivity index (χ3v) is 1.19. The molecule has 1 aromatic rings. The molecule has 0 radical (unpaired) electrons. The van der Waals surface area contributed by atoms with Crippen molar-refractivity contribution in [3.8, 4) is 0 Å². The molecule has 0 bridgehead atoms. The Bertz CT molecular complexity index is 315. The van der Waals surface area contributed by atoms with Crippen LogP contribution in [0.3, 0.4) is 0 Å². The van der Waals surface area contributed by atoms with Crippen LogP contribution in [0.2, 0.25) is 5.02 Å². The first-order chi connectivity index (χ1) is 6.06. The van der Waals surface area contributed by atoms with Crippen molar-refractivity contribution in [2.45, 2.75) is 0 Å². The average Bonchev–Trinajstić information content (AvgIpc) is 2.05. The maximum absolute atomic E-state index is 8.36. The maximum Gasteiger partial charge on any atom is 0.385 e. The van der Waals surface area contributed by atoms with Crippen molar-refractivity contribution >= 4 is 17.3 Å². The second-order valence-corrected chi connectivity index (χ2v) is 2.25. The van der Waals surface area contributed by atoms with Gasteiger partial charge < -0.3 is 5.21 Å². The molecule has 1 N–H and O–H groups in total. The van der Waals surface area contributed by atoms with Gasteiger partial charge in [0.05, 0.1) is 0 Å². The number of hydrogen-bond acceptors (Lipinski definition) is 3. The quantitative estimate of drug-likeness (QED) is 0.397. The van der Waals surface area contributed by atoms with Crippen LogP contribution in [0.15, 0.2) is 24.3 Å². The molecule has 13 heavy (non-hydrogen) atoms.